The van der Waals surface area contributed by atoms with Gasteiger partial charge in [0.2, 0.25) is 5.82 Å². The van der Waals surface area contributed by atoms with Crippen molar-refractivity contribution in [2.75, 3.05) is 19.5 Å². The van der Waals surface area contributed by atoms with Gasteiger partial charge in [0.05, 0.1) is 52.8 Å². The third-order valence-electron chi connectivity index (χ3n) is 5.06. The number of nitrogens with zero attached hydrogens (tertiary/aromatic N) is 3. The van der Waals surface area contributed by atoms with E-state index in [9.17, 15) is 34.2 Å². The smallest absolute Gasteiger partial charge is 0.337 e. The average Bonchev–Trinajstić information content (AvgIpc) is 3.34. The lowest BCUT2D eigenvalue weighted by atomic mass is 10.1. The van der Waals surface area contributed by atoms with Crippen LogP contribution in [-0.4, -0.2) is 46.0 Å². The number of para-hydroxylation sites is 2. The molecule has 14 heteroatoms. The Morgan fingerprint density at radius 1 is 0.921 bits per heavy atom. The number of nitrogens with one attached hydrogen (secondary N) is 2. The topological polar surface area (TPSA) is 180 Å². The Hall–Kier alpha value is -5.40. The number of H-pyrrole nitrogens is 1. The first-order chi connectivity index (χ1) is 18.1. The van der Waals surface area contributed by atoms with Crippen LogP contribution in [0.25, 0.3) is 11.0 Å². The van der Waals surface area contributed by atoms with Crippen LogP contribution in [0.4, 0.5) is 21.5 Å². The number of hydrogen-bond donors (Lipinski definition) is 2. The molecule has 0 amide bonds. The van der Waals surface area contributed by atoms with Crippen LogP contribution in [-0.2, 0) is 16.0 Å². The average molecular weight is 525 g/mol. The summed E-state index contributed by atoms with van der Waals surface area (Å²) in [6.07, 6.45) is 0. The zero-order valence-corrected chi connectivity index (χ0v) is 20.0. The summed E-state index contributed by atoms with van der Waals surface area (Å²) in [5.74, 6) is -1.72. The molecule has 4 aromatic rings. The Balaban J connectivity index is 0.000000244. The molecule has 1 aromatic heterocycles. The maximum absolute atomic E-state index is 12.9. The van der Waals surface area contributed by atoms with Crippen molar-refractivity contribution < 1.29 is 33.3 Å². The summed E-state index contributed by atoms with van der Waals surface area (Å²) in [4.78, 5) is 50.0. The zero-order chi connectivity index (χ0) is 27.8. The van der Waals surface area contributed by atoms with Gasteiger partial charge in [-0.25, -0.2) is 14.6 Å². The van der Waals surface area contributed by atoms with E-state index in [1.54, 1.807) is 0 Å². The second-order valence-electron chi connectivity index (χ2n) is 7.45. The van der Waals surface area contributed by atoms with Gasteiger partial charge in [-0.3, -0.25) is 20.2 Å². The van der Waals surface area contributed by atoms with Gasteiger partial charge in [-0.2, -0.15) is 4.39 Å². The predicted molar refractivity (Wildman–Crippen MR) is 132 cm³/mol. The van der Waals surface area contributed by atoms with Gasteiger partial charge in [-0.15, -0.1) is 0 Å². The minimum Gasteiger partial charge on any atom is -0.465 e. The van der Waals surface area contributed by atoms with Crippen LogP contribution in [0.1, 0.15) is 26.5 Å². The number of rotatable bonds is 7. The first-order valence-electron chi connectivity index (χ1n) is 10.7. The Kier molecular flexibility index (Phi) is 8.61. The number of nitro groups is 2. The Morgan fingerprint density at radius 3 is 2.05 bits per heavy atom. The number of carbonyl (C=O) groups is 2. The largest absolute Gasteiger partial charge is 0.465 e. The highest BCUT2D eigenvalue weighted by atomic mass is 19.1. The minimum atomic E-state index is -1.06. The highest BCUT2D eigenvalue weighted by Gasteiger charge is 2.18. The van der Waals surface area contributed by atoms with Crippen molar-refractivity contribution in [2.24, 2.45) is 0 Å². The molecule has 13 nitrogen and oxygen atoms in total. The number of esters is 2. The summed E-state index contributed by atoms with van der Waals surface area (Å²) in [5, 5.41) is 24.3. The van der Waals surface area contributed by atoms with Crippen LogP contribution in [0.2, 0.25) is 0 Å². The number of methoxy groups -OCH3 is 2. The summed E-state index contributed by atoms with van der Waals surface area (Å²) in [6, 6.07) is 14.4. The minimum absolute atomic E-state index is 0.0596. The summed E-state index contributed by atoms with van der Waals surface area (Å²) in [7, 11) is 2.40. The molecule has 0 fully saturated rings. The van der Waals surface area contributed by atoms with Crippen LogP contribution >= 0.6 is 0 Å². The highest BCUT2D eigenvalue weighted by molar-refractivity contribution is 5.91. The zero-order valence-electron chi connectivity index (χ0n) is 20.0. The number of hydrogen-bond acceptors (Lipinski definition) is 10. The number of aromatic nitrogens is 2. The van der Waals surface area contributed by atoms with Gasteiger partial charge in [0.15, 0.2) is 0 Å². The van der Waals surface area contributed by atoms with E-state index in [2.05, 4.69) is 24.8 Å². The Morgan fingerprint density at radius 2 is 1.50 bits per heavy atom. The van der Waals surface area contributed by atoms with Crippen molar-refractivity contribution in [2.45, 2.75) is 6.54 Å². The summed E-state index contributed by atoms with van der Waals surface area (Å²) >= 11 is 0. The van der Waals surface area contributed by atoms with Gasteiger partial charge in [0, 0.05) is 12.1 Å². The summed E-state index contributed by atoms with van der Waals surface area (Å²) in [5.41, 5.74) is 1.30. The third kappa shape index (κ3) is 6.42. The van der Waals surface area contributed by atoms with Crippen molar-refractivity contribution in [1.29, 1.82) is 0 Å². The van der Waals surface area contributed by atoms with Crippen LogP contribution in [0.15, 0.2) is 60.7 Å². The molecule has 0 aliphatic heterocycles. The molecular weight excluding hydrogens is 505 g/mol. The lowest BCUT2D eigenvalue weighted by Gasteiger charge is -2.07. The molecule has 0 aliphatic carbocycles. The van der Waals surface area contributed by atoms with E-state index in [-0.39, 0.29) is 29.0 Å². The molecule has 196 valence electrons. The summed E-state index contributed by atoms with van der Waals surface area (Å²) < 4.78 is 21.9. The first kappa shape index (κ1) is 27.2. The van der Waals surface area contributed by atoms with Gasteiger partial charge >= 0.3 is 17.6 Å². The van der Waals surface area contributed by atoms with Crippen molar-refractivity contribution in [1.82, 2.24) is 9.97 Å². The van der Waals surface area contributed by atoms with E-state index in [0.29, 0.717) is 5.82 Å². The normalized spacial score (nSPS) is 10.2. The predicted octanol–water partition coefficient (Wildman–Crippen LogP) is 4.39. The van der Waals surface area contributed by atoms with E-state index in [0.717, 1.165) is 36.3 Å². The molecular formula is C24H20FN5O8. The van der Waals surface area contributed by atoms with E-state index in [4.69, 9.17) is 0 Å². The van der Waals surface area contributed by atoms with Crippen LogP contribution in [0, 0.1) is 26.0 Å². The summed E-state index contributed by atoms with van der Waals surface area (Å²) in [6.45, 7) is 0.250. The lowest BCUT2D eigenvalue weighted by molar-refractivity contribution is -0.387. The number of benzene rings is 3. The number of fused-ring (bicyclic) bond motifs is 1. The van der Waals surface area contributed by atoms with Crippen molar-refractivity contribution in [3.63, 3.8) is 0 Å². The number of carbonyl (C=O) groups excluding carboxylic acids is 2. The molecule has 3 aromatic carbocycles. The van der Waals surface area contributed by atoms with E-state index < -0.39 is 33.3 Å². The Bertz CT molecular complexity index is 1490. The maximum atomic E-state index is 12.9. The van der Waals surface area contributed by atoms with Crippen molar-refractivity contribution in [3.8, 4) is 0 Å². The molecule has 0 radical (unpaired) electrons. The van der Waals surface area contributed by atoms with Crippen molar-refractivity contribution >= 4 is 40.0 Å². The van der Waals surface area contributed by atoms with Gasteiger partial charge < -0.3 is 19.8 Å². The molecule has 0 unspecified atom stereocenters. The van der Waals surface area contributed by atoms with Crippen molar-refractivity contribution in [3.05, 3.63) is 104 Å². The number of ether oxygens (including phenoxy) is 2. The van der Waals surface area contributed by atoms with Gasteiger partial charge in [-0.1, -0.05) is 12.1 Å². The van der Waals surface area contributed by atoms with E-state index >= 15 is 0 Å². The molecule has 1 heterocycles. The number of aromatic amines is 1. The molecule has 0 atom stereocenters. The van der Waals surface area contributed by atoms with Crippen LogP contribution < -0.4 is 5.32 Å². The van der Waals surface area contributed by atoms with E-state index in [1.165, 1.54) is 25.3 Å². The van der Waals surface area contributed by atoms with Gasteiger partial charge in [0.1, 0.15) is 11.5 Å². The molecule has 0 aliphatic rings. The molecule has 0 spiro atoms. The number of imidazole rings is 1. The number of halogens is 1. The molecule has 0 bridgehead atoms. The van der Waals surface area contributed by atoms with E-state index in [1.807, 2.05) is 24.3 Å². The number of anilines is 1. The standard InChI is InChI=1S/C16H14N4O4.C8H6FNO4/c1-24-16(21)10-6-7-14(20(22)23)13(8-10)17-9-15-18-11-4-2-3-5-12(11)19-15;1-14-8(11)5-2-3-7(10(12)13)6(9)4-5/h2-8,17H,9H2,1H3,(H,18,19);2-4H,1H3. The molecule has 0 saturated heterocycles. The highest BCUT2D eigenvalue weighted by Crippen LogP contribution is 2.26. The quantitative estimate of drug-likeness (QED) is 0.200. The van der Waals surface area contributed by atoms with Gasteiger partial charge in [0.25, 0.3) is 5.69 Å². The fourth-order valence-electron chi connectivity index (χ4n) is 3.25. The Labute approximate surface area is 213 Å². The van der Waals surface area contributed by atoms with Crippen LogP contribution in [0.3, 0.4) is 0 Å². The molecule has 0 saturated carbocycles. The second-order valence-corrected chi connectivity index (χ2v) is 7.45. The number of nitro benzene ring substituents is 2. The fraction of sp³-hybridized carbons (Fsp3) is 0.125. The molecule has 4 rings (SSSR count). The monoisotopic (exact) mass is 525 g/mol. The fourth-order valence-corrected chi connectivity index (χ4v) is 3.25. The lowest BCUT2D eigenvalue weighted by Crippen LogP contribution is -2.07. The second kappa shape index (κ2) is 12.0. The maximum Gasteiger partial charge on any atom is 0.337 e. The van der Waals surface area contributed by atoms with Gasteiger partial charge in [-0.05, 0) is 36.4 Å². The third-order valence-corrected chi connectivity index (χ3v) is 5.06. The SMILES string of the molecule is COC(=O)c1ccc([N+](=O)[O-])c(F)c1.COC(=O)c1ccc([N+](=O)[O-])c(NCc2nc3ccccc3[nH]2)c1. The molecule has 38 heavy (non-hydrogen) atoms. The first-order valence-corrected chi connectivity index (χ1v) is 10.7. The molecule has 2 N–H and O–H groups in total. The van der Waals surface area contributed by atoms with Crippen LogP contribution in [0.5, 0.6) is 0 Å².